The van der Waals surface area contributed by atoms with E-state index >= 15 is 0 Å². The van der Waals surface area contributed by atoms with Gasteiger partial charge in [0.25, 0.3) is 0 Å². The zero-order valence-electron chi connectivity index (χ0n) is 14.0. The molecule has 1 aromatic carbocycles. The van der Waals surface area contributed by atoms with Gasteiger partial charge in [0.2, 0.25) is 0 Å². The quantitative estimate of drug-likeness (QED) is 0.694. The second-order valence-electron chi connectivity index (χ2n) is 5.47. The van der Waals surface area contributed by atoms with Gasteiger partial charge in [0, 0.05) is 32.7 Å². The molecule has 0 radical (unpaired) electrons. The highest BCUT2D eigenvalue weighted by Gasteiger charge is 2.14. The summed E-state index contributed by atoms with van der Waals surface area (Å²) < 4.78 is 10.6. The second kappa shape index (κ2) is 9.89. The monoisotopic (exact) mass is 335 g/mol. The van der Waals surface area contributed by atoms with E-state index < -0.39 is 11.8 Å². The first-order valence-corrected chi connectivity index (χ1v) is 8.27. The molecule has 0 bridgehead atoms. The lowest BCUT2D eigenvalue weighted by molar-refractivity contribution is -0.139. The van der Waals surface area contributed by atoms with Crippen LogP contribution in [-0.4, -0.2) is 62.7 Å². The number of carbonyl (C=O) groups excluding carboxylic acids is 2. The highest BCUT2D eigenvalue weighted by molar-refractivity contribution is 6.35. The number of hydrogen-bond acceptors (Lipinski definition) is 5. The van der Waals surface area contributed by atoms with Gasteiger partial charge in [-0.3, -0.25) is 14.5 Å². The summed E-state index contributed by atoms with van der Waals surface area (Å²) in [4.78, 5) is 25.7. The van der Waals surface area contributed by atoms with Gasteiger partial charge in [-0.25, -0.2) is 0 Å². The maximum atomic E-state index is 11.8. The van der Waals surface area contributed by atoms with Gasteiger partial charge in [0.1, 0.15) is 5.75 Å². The van der Waals surface area contributed by atoms with Crippen molar-refractivity contribution in [3.05, 3.63) is 29.8 Å². The highest BCUT2D eigenvalue weighted by atomic mass is 16.5. The number of amides is 2. The maximum Gasteiger partial charge on any atom is 0.309 e. The summed E-state index contributed by atoms with van der Waals surface area (Å²) in [7, 11) is 0. The van der Waals surface area contributed by atoms with Crippen LogP contribution in [0.5, 0.6) is 5.75 Å². The van der Waals surface area contributed by atoms with Gasteiger partial charge in [-0.2, -0.15) is 0 Å². The minimum absolute atomic E-state index is 0.308. The molecule has 0 spiro atoms. The first-order valence-electron chi connectivity index (χ1n) is 8.27. The van der Waals surface area contributed by atoms with Gasteiger partial charge in [-0.1, -0.05) is 12.1 Å². The van der Waals surface area contributed by atoms with Crippen molar-refractivity contribution in [2.45, 2.75) is 13.5 Å². The van der Waals surface area contributed by atoms with Crippen molar-refractivity contribution < 1.29 is 19.1 Å². The van der Waals surface area contributed by atoms with Crippen LogP contribution in [0.3, 0.4) is 0 Å². The van der Waals surface area contributed by atoms with E-state index in [-0.39, 0.29) is 0 Å². The molecule has 0 aromatic heterocycles. The van der Waals surface area contributed by atoms with E-state index in [4.69, 9.17) is 9.47 Å². The topological polar surface area (TPSA) is 79.9 Å². The zero-order chi connectivity index (χ0) is 17.2. The lowest BCUT2D eigenvalue weighted by Gasteiger charge is -2.26. The highest BCUT2D eigenvalue weighted by Crippen LogP contribution is 2.11. The first-order chi connectivity index (χ1) is 11.7. The first kappa shape index (κ1) is 18.2. The summed E-state index contributed by atoms with van der Waals surface area (Å²) in [5, 5.41) is 5.25. The molecular formula is C17H25N3O4. The van der Waals surface area contributed by atoms with Crippen molar-refractivity contribution in [3.8, 4) is 5.75 Å². The van der Waals surface area contributed by atoms with Gasteiger partial charge in [0.15, 0.2) is 0 Å². The molecular weight excluding hydrogens is 310 g/mol. The van der Waals surface area contributed by atoms with E-state index in [1.807, 2.05) is 31.2 Å². The maximum absolute atomic E-state index is 11.8. The van der Waals surface area contributed by atoms with Crippen LogP contribution in [0, 0.1) is 0 Å². The van der Waals surface area contributed by atoms with Crippen molar-refractivity contribution in [2.24, 2.45) is 0 Å². The molecule has 2 rings (SSSR count). The molecule has 1 aliphatic heterocycles. The van der Waals surface area contributed by atoms with Crippen LogP contribution in [0.25, 0.3) is 0 Å². The van der Waals surface area contributed by atoms with Gasteiger partial charge in [-0.05, 0) is 24.6 Å². The van der Waals surface area contributed by atoms with Crippen LogP contribution in [0.4, 0.5) is 0 Å². The minimum atomic E-state index is -0.620. The molecule has 0 unspecified atom stereocenters. The van der Waals surface area contributed by atoms with Gasteiger partial charge < -0.3 is 20.1 Å². The van der Waals surface area contributed by atoms with Crippen molar-refractivity contribution in [3.63, 3.8) is 0 Å². The predicted molar refractivity (Wildman–Crippen MR) is 89.7 cm³/mol. The smallest absolute Gasteiger partial charge is 0.309 e. The molecule has 132 valence electrons. The van der Waals surface area contributed by atoms with Crippen LogP contribution in [0.15, 0.2) is 24.3 Å². The number of ether oxygens (including phenoxy) is 2. The van der Waals surface area contributed by atoms with Crippen molar-refractivity contribution >= 4 is 11.8 Å². The van der Waals surface area contributed by atoms with E-state index in [1.54, 1.807) is 0 Å². The Morgan fingerprint density at radius 3 is 2.46 bits per heavy atom. The fourth-order valence-corrected chi connectivity index (χ4v) is 2.37. The molecule has 1 fully saturated rings. The van der Waals surface area contributed by atoms with Gasteiger partial charge >= 0.3 is 11.8 Å². The van der Waals surface area contributed by atoms with E-state index in [0.29, 0.717) is 19.7 Å². The average molecular weight is 335 g/mol. The molecule has 2 N–H and O–H groups in total. The van der Waals surface area contributed by atoms with E-state index in [0.717, 1.165) is 44.2 Å². The SMILES string of the molecule is CCOc1ccc(CNC(=O)C(=O)NCCN2CCOCC2)cc1. The van der Waals surface area contributed by atoms with Crippen LogP contribution in [0.1, 0.15) is 12.5 Å². The summed E-state index contributed by atoms with van der Waals surface area (Å²) in [6.07, 6.45) is 0. The summed E-state index contributed by atoms with van der Waals surface area (Å²) >= 11 is 0. The number of nitrogens with zero attached hydrogens (tertiary/aromatic N) is 1. The van der Waals surface area contributed by atoms with Gasteiger partial charge in [-0.15, -0.1) is 0 Å². The average Bonchev–Trinajstić information content (AvgIpc) is 2.62. The number of rotatable bonds is 7. The van der Waals surface area contributed by atoms with Crippen LogP contribution in [0.2, 0.25) is 0 Å². The Balaban J connectivity index is 1.64. The summed E-state index contributed by atoms with van der Waals surface area (Å²) in [6, 6.07) is 7.41. The van der Waals surface area contributed by atoms with Crippen molar-refractivity contribution in [1.82, 2.24) is 15.5 Å². The molecule has 7 heteroatoms. The standard InChI is InChI=1S/C17H25N3O4/c1-2-24-15-5-3-14(4-6-15)13-19-17(22)16(21)18-7-8-20-9-11-23-12-10-20/h3-6H,2,7-13H2,1H3,(H,18,21)(H,19,22). The van der Waals surface area contributed by atoms with Crippen molar-refractivity contribution in [1.29, 1.82) is 0 Å². The fourth-order valence-electron chi connectivity index (χ4n) is 2.37. The lowest BCUT2D eigenvalue weighted by atomic mass is 10.2. The molecule has 0 saturated carbocycles. The third kappa shape index (κ3) is 6.17. The molecule has 1 aliphatic rings. The normalized spacial score (nSPS) is 14.9. The van der Waals surface area contributed by atoms with E-state index in [9.17, 15) is 9.59 Å². The predicted octanol–water partition coefficient (Wildman–Crippen LogP) is 0.150. The molecule has 1 saturated heterocycles. The Labute approximate surface area is 142 Å². The number of carbonyl (C=O) groups is 2. The van der Waals surface area contributed by atoms with Gasteiger partial charge in [0.05, 0.1) is 19.8 Å². The molecule has 1 aromatic rings. The number of morpholine rings is 1. The third-order valence-electron chi connectivity index (χ3n) is 3.71. The van der Waals surface area contributed by atoms with Crippen molar-refractivity contribution in [2.75, 3.05) is 46.0 Å². The molecule has 2 amide bonds. The molecule has 0 atom stereocenters. The second-order valence-corrected chi connectivity index (χ2v) is 5.47. The third-order valence-corrected chi connectivity index (χ3v) is 3.71. The molecule has 1 heterocycles. The largest absolute Gasteiger partial charge is 0.494 e. The summed E-state index contributed by atoms with van der Waals surface area (Å²) in [5.41, 5.74) is 0.910. The van der Waals surface area contributed by atoms with Crippen LogP contribution in [-0.2, 0) is 20.9 Å². The molecule has 24 heavy (non-hydrogen) atoms. The van der Waals surface area contributed by atoms with Crippen LogP contribution >= 0.6 is 0 Å². The molecule has 7 nitrogen and oxygen atoms in total. The fraction of sp³-hybridized carbons (Fsp3) is 0.529. The van der Waals surface area contributed by atoms with Crippen LogP contribution < -0.4 is 15.4 Å². The Morgan fingerprint density at radius 1 is 1.12 bits per heavy atom. The number of benzene rings is 1. The lowest BCUT2D eigenvalue weighted by Crippen LogP contribution is -2.44. The summed E-state index contributed by atoms with van der Waals surface area (Å²) in [6.45, 7) is 7.18. The Bertz CT molecular complexity index is 527. The van der Waals surface area contributed by atoms with E-state index in [2.05, 4.69) is 15.5 Å². The van der Waals surface area contributed by atoms with E-state index in [1.165, 1.54) is 0 Å². The summed E-state index contributed by atoms with van der Waals surface area (Å²) in [5.74, 6) is -0.437. The number of nitrogens with one attached hydrogen (secondary N) is 2. The molecule has 0 aliphatic carbocycles. The number of hydrogen-bond donors (Lipinski definition) is 2. The Morgan fingerprint density at radius 2 is 1.79 bits per heavy atom. The zero-order valence-corrected chi connectivity index (χ0v) is 14.0. The Kier molecular flexibility index (Phi) is 7.51. The minimum Gasteiger partial charge on any atom is -0.494 e. The Hall–Kier alpha value is -2.12.